The third-order valence-corrected chi connectivity index (χ3v) is 6.45. The highest BCUT2D eigenvalue weighted by molar-refractivity contribution is 5.86. The number of dihydropyridines is 1. The molecule has 190 valence electrons. The highest BCUT2D eigenvalue weighted by atomic mass is 19.2. The highest BCUT2D eigenvalue weighted by Crippen LogP contribution is 2.36. The number of hydrogen-bond acceptors (Lipinski definition) is 6. The molecule has 1 aliphatic heterocycles. The van der Waals surface area contributed by atoms with E-state index in [0.717, 1.165) is 44.6 Å². The standard InChI is InChI=1S/C31H28FN5O/c1-19-5-7-23(8-6-19)28-17-34-18-29(21(28)3)37(32)26-11-9-22(10-12-26)27-14-25(16-35-31(27)33)24-13-20(2)36-30(15-24)38-4/h5-18,34H,3H2,1-2,4H3,(H2,33,35). The molecule has 38 heavy (non-hydrogen) atoms. The summed E-state index contributed by atoms with van der Waals surface area (Å²) in [7, 11) is 1.59. The zero-order valence-electron chi connectivity index (χ0n) is 21.5. The van der Waals surface area contributed by atoms with Crippen LogP contribution in [0.15, 0.2) is 103 Å². The number of ether oxygens (including phenoxy) is 1. The Bertz CT molecular complexity index is 1570. The molecule has 0 saturated carbocycles. The van der Waals surface area contributed by atoms with Gasteiger partial charge in [-0.3, -0.25) is 0 Å². The van der Waals surface area contributed by atoms with E-state index in [1.54, 1.807) is 31.6 Å². The number of benzene rings is 2. The summed E-state index contributed by atoms with van der Waals surface area (Å²) in [6, 6.07) is 20.9. The lowest BCUT2D eigenvalue weighted by Gasteiger charge is -2.24. The lowest BCUT2D eigenvalue weighted by atomic mass is 9.95. The maximum Gasteiger partial charge on any atom is 0.213 e. The van der Waals surface area contributed by atoms with Gasteiger partial charge in [-0.05, 0) is 54.8 Å². The van der Waals surface area contributed by atoms with E-state index in [1.807, 2.05) is 74.6 Å². The molecule has 0 spiro atoms. The van der Waals surface area contributed by atoms with Crippen molar-refractivity contribution in [2.45, 2.75) is 13.8 Å². The van der Waals surface area contributed by atoms with Crippen LogP contribution in [0, 0.1) is 13.8 Å². The van der Waals surface area contributed by atoms with Gasteiger partial charge in [0.15, 0.2) is 0 Å². The third kappa shape index (κ3) is 4.86. The van der Waals surface area contributed by atoms with Crippen molar-refractivity contribution < 1.29 is 9.22 Å². The fourth-order valence-corrected chi connectivity index (χ4v) is 4.37. The van der Waals surface area contributed by atoms with Gasteiger partial charge in [-0.2, -0.15) is 5.12 Å². The minimum Gasteiger partial charge on any atom is -0.481 e. The molecule has 2 aromatic carbocycles. The summed E-state index contributed by atoms with van der Waals surface area (Å²) in [5, 5.41) is 3.68. The first-order valence-electron chi connectivity index (χ1n) is 12.1. The number of nitrogens with two attached hydrogens (primary N) is 1. The number of allylic oxidation sites excluding steroid dienone is 1. The molecule has 4 aromatic rings. The molecular weight excluding hydrogens is 477 g/mol. The summed E-state index contributed by atoms with van der Waals surface area (Å²) < 4.78 is 20.9. The Hall–Kier alpha value is -4.91. The van der Waals surface area contributed by atoms with E-state index >= 15 is 4.48 Å². The molecule has 0 radical (unpaired) electrons. The van der Waals surface area contributed by atoms with Crippen LogP contribution < -0.4 is 20.9 Å². The van der Waals surface area contributed by atoms with Gasteiger partial charge >= 0.3 is 0 Å². The minimum absolute atomic E-state index is 0.334. The number of pyridine rings is 2. The molecule has 3 N–H and O–H groups in total. The van der Waals surface area contributed by atoms with Gasteiger partial charge in [-0.25, -0.2) is 9.97 Å². The Morgan fingerprint density at radius 1 is 0.895 bits per heavy atom. The molecule has 0 bridgehead atoms. The quantitative estimate of drug-likeness (QED) is 0.282. The predicted octanol–water partition coefficient (Wildman–Crippen LogP) is 6.75. The van der Waals surface area contributed by atoms with Crippen molar-refractivity contribution in [3.05, 3.63) is 120 Å². The van der Waals surface area contributed by atoms with E-state index in [0.29, 0.717) is 33.8 Å². The van der Waals surface area contributed by atoms with E-state index in [-0.39, 0.29) is 0 Å². The Morgan fingerprint density at radius 3 is 2.32 bits per heavy atom. The topological polar surface area (TPSA) is 76.3 Å². The number of aryl methyl sites for hydroxylation is 2. The van der Waals surface area contributed by atoms with Crippen LogP contribution >= 0.6 is 0 Å². The largest absolute Gasteiger partial charge is 0.481 e. The predicted molar refractivity (Wildman–Crippen MR) is 152 cm³/mol. The first kappa shape index (κ1) is 24.8. The molecule has 0 saturated heterocycles. The molecule has 2 aromatic heterocycles. The Labute approximate surface area is 221 Å². The van der Waals surface area contributed by atoms with Crippen LogP contribution in [0.4, 0.5) is 16.0 Å². The van der Waals surface area contributed by atoms with Crippen LogP contribution in [-0.2, 0) is 0 Å². The van der Waals surface area contributed by atoms with Gasteiger partial charge in [-0.1, -0.05) is 53.0 Å². The number of methoxy groups -OCH3 is 1. The third-order valence-electron chi connectivity index (χ3n) is 6.45. The molecule has 0 atom stereocenters. The molecule has 5 rings (SSSR count). The van der Waals surface area contributed by atoms with Crippen molar-refractivity contribution in [1.29, 1.82) is 0 Å². The molecule has 0 aliphatic carbocycles. The molecular formula is C31H28FN5O. The second-order valence-corrected chi connectivity index (χ2v) is 9.12. The fraction of sp³-hybridized carbons (Fsp3) is 0.0968. The Balaban J connectivity index is 1.40. The lowest BCUT2D eigenvalue weighted by molar-refractivity contribution is 0.397. The molecule has 1 aliphatic rings. The van der Waals surface area contributed by atoms with E-state index in [4.69, 9.17) is 10.5 Å². The molecule has 0 fully saturated rings. The van der Waals surface area contributed by atoms with Crippen molar-refractivity contribution in [2.24, 2.45) is 0 Å². The number of anilines is 2. The number of nitrogens with zero attached hydrogens (tertiary/aromatic N) is 3. The zero-order chi connectivity index (χ0) is 26.8. The summed E-state index contributed by atoms with van der Waals surface area (Å²) in [4.78, 5) is 8.74. The number of rotatable bonds is 6. The summed E-state index contributed by atoms with van der Waals surface area (Å²) in [6.45, 7) is 8.10. The Morgan fingerprint density at radius 2 is 1.61 bits per heavy atom. The van der Waals surface area contributed by atoms with Crippen LogP contribution in [0.1, 0.15) is 16.8 Å². The molecule has 0 amide bonds. The van der Waals surface area contributed by atoms with Crippen LogP contribution in [0.2, 0.25) is 0 Å². The van der Waals surface area contributed by atoms with E-state index < -0.39 is 0 Å². The molecule has 3 heterocycles. The van der Waals surface area contributed by atoms with Crippen molar-refractivity contribution in [1.82, 2.24) is 15.3 Å². The van der Waals surface area contributed by atoms with Crippen LogP contribution in [0.5, 0.6) is 5.88 Å². The Kier molecular flexibility index (Phi) is 6.66. The second kappa shape index (κ2) is 10.2. The number of nitrogen functional groups attached to an aromatic ring is 1. The fourth-order valence-electron chi connectivity index (χ4n) is 4.37. The average molecular weight is 506 g/mol. The lowest BCUT2D eigenvalue weighted by Crippen LogP contribution is -2.19. The molecule has 0 unspecified atom stereocenters. The number of hydrogen-bond donors (Lipinski definition) is 2. The van der Waals surface area contributed by atoms with E-state index in [2.05, 4.69) is 21.9 Å². The smallest absolute Gasteiger partial charge is 0.213 e. The van der Waals surface area contributed by atoms with Gasteiger partial charge in [0.25, 0.3) is 0 Å². The van der Waals surface area contributed by atoms with Gasteiger partial charge in [0.1, 0.15) is 5.82 Å². The average Bonchev–Trinajstić information content (AvgIpc) is 2.93. The van der Waals surface area contributed by atoms with E-state index in [9.17, 15) is 0 Å². The normalized spacial score (nSPS) is 12.9. The van der Waals surface area contributed by atoms with Crippen molar-refractivity contribution in [3.63, 3.8) is 0 Å². The van der Waals surface area contributed by atoms with E-state index in [1.165, 1.54) is 0 Å². The van der Waals surface area contributed by atoms with Crippen molar-refractivity contribution in [2.75, 3.05) is 18.0 Å². The van der Waals surface area contributed by atoms with Gasteiger partial charge in [-0.15, -0.1) is 0 Å². The first-order chi connectivity index (χ1) is 18.3. The van der Waals surface area contributed by atoms with Crippen molar-refractivity contribution in [3.8, 4) is 28.1 Å². The SMILES string of the molecule is C=C1C(c2ccc(C)cc2)=CNC=C1N(F)c1ccc(-c2cc(-c3cc(C)nc(OC)c3)cnc2N)cc1. The first-order valence-corrected chi connectivity index (χ1v) is 12.1. The van der Waals surface area contributed by atoms with Crippen LogP contribution in [0.25, 0.3) is 27.8 Å². The van der Waals surface area contributed by atoms with Gasteiger partial charge < -0.3 is 15.8 Å². The number of halogens is 1. The van der Waals surface area contributed by atoms with Gasteiger partial charge in [0.2, 0.25) is 5.88 Å². The zero-order valence-corrected chi connectivity index (χ0v) is 21.5. The van der Waals surface area contributed by atoms with Crippen LogP contribution in [-0.4, -0.2) is 17.1 Å². The number of aromatic nitrogens is 2. The second-order valence-electron chi connectivity index (χ2n) is 9.12. The summed E-state index contributed by atoms with van der Waals surface area (Å²) >= 11 is 0. The summed E-state index contributed by atoms with van der Waals surface area (Å²) in [5.41, 5.74) is 14.7. The minimum atomic E-state index is 0.334. The highest BCUT2D eigenvalue weighted by Gasteiger charge is 2.21. The maximum absolute atomic E-state index is 15.6. The summed E-state index contributed by atoms with van der Waals surface area (Å²) in [5.74, 6) is 0.913. The van der Waals surface area contributed by atoms with Crippen molar-refractivity contribution >= 4 is 17.1 Å². The number of nitrogens with one attached hydrogen (secondary N) is 1. The maximum atomic E-state index is 15.6. The molecule has 6 nitrogen and oxygen atoms in total. The van der Waals surface area contributed by atoms with Gasteiger partial charge in [0.05, 0.1) is 18.5 Å². The molecule has 7 heteroatoms. The summed E-state index contributed by atoms with van der Waals surface area (Å²) in [6.07, 6.45) is 5.15. The van der Waals surface area contributed by atoms with Crippen LogP contribution in [0.3, 0.4) is 0 Å². The van der Waals surface area contributed by atoms with Gasteiger partial charge in [0, 0.05) is 52.6 Å². The monoisotopic (exact) mass is 505 g/mol.